The number of Topliss-reactive ketones (excluding diaryl/α,β-unsaturated/α-hetero) is 1. The van der Waals surface area contributed by atoms with Crippen molar-refractivity contribution in [3.05, 3.63) is 89.5 Å². The predicted octanol–water partition coefficient (Wildman–Crippen LogP) is 4.73. The van der Waals surface area contributed by atoms with Gasteiger partial charge in [0, 0.05) is 30.1 Å². The van der Waals surface area contributed by atoms with Crippen LogP contribution in [-0.4, -0.2) is 35.6 Å². The van der Waals surface area contributed by atoms with Gasteiger partial charge in [-0.2, -0.15) is 0 Å². The van der Waals surface area contributed by atoms with Crippen molar-refractivity contribution in [2.24, 2.45) is 5.92 Å². The maximum atomic E-state index is 13.1. The first-order valence-corrected chi connectivity index (χ1v) is 10.8. The van der Waals surface area contributed by atoms with Gasteiger partial charge in [0.2, 0.25) is 0 Å². The van der Waals surface area contributed by atoms with Gasteiger partial charge in [-0.25, -0.2) is 0 Å². The molecule has 0 aromatic heterocycles. The summed E-state index contributed by atoms with van der Waals surface area (Å²) in [7, 11) is 0. The van der Waals surface area contributed by atoms with E-state index in [2.05, 4.69) is 10.6 Å². The molecule has 0 saturated carbocycles. The van der Waals surface area contributed by atoms with Crippen molar-refractivity contribution in [1.82, 2.24) is 4.90 Å². The first kappa shape index (κ1) is 20.0. The number of likely N-dealkylation sites (tertiary alicyclic amines) is 1. The minimum absolute atomic E-state index is 0.0597. The van der Waals surface area contributed by atoms with E-state index in [9.17, 15) is 14.4 Å². The molecule has 5 rings (SSSR count). The van der Waals surface area contributed by atoms with Gasteiger partial charge in [0.25, 0.3) is 11.8 Å². The van der Waals surface area contributed by atoms with Crippen molar-refractivity contribution in [3.63, 3.8) is 0 Å². The van der Waals surface area contributed by atoms with Crippen LogP contribution in [0.25, 0.3) is 0 Å². The molecule has 6 heteroatoms. The highest BCUT2D eigenvalue weighted by molar-refractivity contribution is 6.12. The number of nitrogens with zero attached hydrogens (tertiary/aromatic N) is 1. The van der Waals surface area contributed by atoms with Crippen LogP contribution in [-0.2, 0) is 0 Å². The van der Waals surface area contributed by atoms with Gasteiger partial charge in [-0.15, -0.1) is 0 Å². The van der Waals surface area contributed by atoms with Gasteiger partial charge >= 0.3 is 0 Å². The van der Waals surface area contributed by atoms with E-state index in [4.69, 9.17) is 0 Å². The van der Waals surface area contributed by atoms with Crippen LogP contribution >= 0.6 is 0 Å². The van der Waals surface area contributed by atoms with E-state index in [1.54, 1.807) is 23.1 Å². The van der Waals surface area contributed by atoms with Crippen LogP contribution < -0.4 is 10.6 Å². The Balaban J connectivity index is 1.29. The lowest BCUT2D eigenvalue weighted by atomic mass is 9.88. The molecular formula is C26H23N3O3. The van der Waals surface area contributed by atoms with Gasteiger partial charge in [-0.05, 0) is 43.2 Å². The van der Waals surface area contributed by atoms with Crippen molar-refractivity contribution >= 4 is 34.7 Å². The van der Waals surface area contributed by atoms with Crippen molar-refractivity contribution < 1.29 is 14.4 Å². The summed E-state index contributed by atoms with van der Waals surface area (Å²) in [4.78, 5) is 40.2. The zero-order chi connectivity index (χ0) is 22.1. The van der Waals surface area contributed by atoms with Crippen LogP contribution in [0.5, 0.6) is 0 Å². The molecule has 3 aromatic carbocycles. The lowest BCUT2D eigenvalue weighted by Gasteiger charge is -2.31. The topological polar surface area (TPSA) is 78.5 Å². The standard InChI is InChI=1S/C26H23N3O3/c30-24(17-6-2-1-3-7-17)18-12-14-29(15-13-18)26(32)19-10-11-22-23(16-19)28-25(31)20-8-4-5-9-21(20)27-22/h1-11,16,18,27H,12-15H2,(H,28,31). The lowest BCUT2D eigenvalue weighted by Crippen LogP contribution is -2.40. The van der Waals surface area contributed by atoms with Crippen LogP contribution in [0.15, 0.2) is 72.8 Å². The average molecular weight is 425 g/mol. The largest absolute Gasteiger partial charge is 0.353 e. The number of nitrogens with one attached hydrogen (secondary N) is 2. The number of benzene rings is 3. The van der Waals surface area contributed by atoms with E-state index in [1.807, 2.05) is 54.6 Å². The van der Waals surface area contributed by atoms with Crippen LogP contribution in [0, 0.1) is 5.92 Å². The van der Waals surface area contributed by atoms with E-state index >= 15 is 0 Å². The number of piperidine rings is 1. The Labute approximate surface area is 186 Å². The second-order valence-corrected chi connectivity index (χ2v) is 8.18. The number of rotatable bonds is 3. The molecular weight excluding hydrogens is 402 g/mol. The van der Waals surface area contributed by atoms with E-state index < -0.39 is 0 Å². The Morgan fingerprint density at radius 1 is 0.750 bits per heavy atom. The monoisotopic (exact) mass is 425 g/mol. The highest BCUT2D eigenvalue weighted by atomic mass is 16.2. The number of amides is 2. The Morgan fingerprint density at radius 3 is 2.25 bits per heavy atom. The van der Waals surface area contributed by atoms with E-state index in [-0.39, 0.29) is 23.5 Å². The highest BCUT2D eigenvalue weighted by Crippen LogP contribution is 2.33. The fourth-order valence-electron chi connectivity index (χ4n) is 4.38. The molecule has 0 spiro atoms. The molecule has 2 amide bonds. The quantitative estimate of drug-likeness (QED) is 0.595. The number of carbonyl (C=O) groups excluding carboxylic acids is 3. The summed E-state index contributed by atoms with van der Waals surface area (Å²) >= 11 is 0. The van der Waals surface area contributed by atoms with E-state index in [0.717, 1.165) is 16.9 Å². The van der Waals surface area contributed by atoms with Gasteiger partial charge in [-0.1, -0.05) is 42.5 Å². The smallest absolute Gasteiger partial charge is 0.257 e. The van der Waals surface area contributed by atoms with Crippen LogP contribution in [0.3, 0.4) is 0 Å². The predicted molar refractivity (Wildman–Crippen MR) is 124 cm³/mol. The minimum atomic E-state index is -0.211. The molecule has 2 aliphatic rings. The van der Waals surface area contributed by atoms with Gasteiger partial charge in [0.15, 0.2) is 5.78 Å². The summed E-state index contributed by atoms with van der Waals surface area (Å²) in [6.45, 7) is 1.07. The average Bonchev–Trinajstić information content (AvgIpc) is 2.99. The second-order valence-electron chi connectivity index (χ2n) is 8.18. The third-order valence-corrected chi connectivity index (χ3v) is 6.17. The maximum absolute atomic E-state index is 13.1. The fourth-order valence-corrected chi connectivity index (χ4v) is 4.38. The number of ketones is 1. The summed E-state index contributed by atoms with van der Waals surface area (Å²) in [6.07, 6.45) is 1.30. The van der Waals surface area contributed by atoms with Crippen molar-refractivity contribution in [1.29, 1.82) is 0 Å². The number of para-hydroxylation sites is 1. The molecule has 2 aliphatic heterocycles. The fraction of sp³-hybridized carbons (Fsp3) is 0.192. The molecule has 1 saturated heterocycles. The van der Waals surface area contributed by atoms with Gasteiger partial charge < -0.3 is 15.5 Å². The molecule has 0 atom stereocenters. The molecule has 160 valence electrons. The normalized spacial score (nSPS) is 15.6. The zero-order valence-corrected chi connectivity index (χ0v) is 17.5. The number of hydrogen-bond acceptors (Lipinski definition) is 4. The SMILES string of the molecule is O=C1Nc2cc(C(=O)N3CCC(C(=O)c4ccccc4)CC3)ccc2Nc2ccccc21. The second kappa shape index (κ2) is 8.30. The Bertz CT molecular complexity index is 1200. The third kappa shape index (κ3) is 3.75. The Morgan fingerprint density at radius 2 is 1.47 bits per heavy atom. The maximum Gasteiger partial charge on any atom is 0.257 e. The molecule has 6 nitrogen and oxygen atoms in total. The molecule has 2 heterocycles. The summed E-state index contributed by atoms with van der Waals surface area (Å²) in [6, 6.07) is 21.9. The molecule has 0 aliphatic carbocycles. The molecule has 3 aromatic rings. The van der Waals surface area contributed by atoms with Crippen molar-refractivity contribution in [2.75, 3.05) is 23.7 Å². The number of anilines is 3. The Kier molecular flexibility index (Phi) is 5.19. The van der Waals surface area contributed by atoms with Gasteiger partial charge in [0.1, 0.15) is 0 Å². The first-order valence-electron chi connectivity index (χ1n) is 10.8. The lowest BCUT2D eigenvalue weighted by molar-refractivity contribution is 0.0650. The van der Waals surface area contributed by atoms with Crippen LogP contribution in [0.1, 0.15) is 43.9 Å². The first-order chi connectivity index (χ1) is 15.6. The molecule has 0 radical (unpaired) electrons. The molecule has 32 heavy (non-hydrogen) atoms. The van der Waals surface area contributed by atoms with Crippen LogP contribution in [0.4, 0.5) is 17.1 Å². The zero-order valence-electron chi connectivity index (χ0n) is 17.5. The molecule has 0 unspecified atom stereocenters. The third-order valence-electron chi connectivity index (χ3n) is 6.17. The summed E-state index contributed by atoms with van der Waals surface area (Å²) < 4.78 is 0. The van der Waals surface area contributed by atoms with E-state index in [1.165, 1.54) is 0 Å². The van der Waals surface area contributed by atoms with Gasteiger partial charge in [0.05, 0.1) is 22.6 Å². The van der Waals surface area contributed by atoms with E-state index in [0.29, 0.717) is 42.7 Å². The minimum Gasteiger partial charge on any atom is -0.353 e. The summed E-state index contributed by atoms with van der Waals surface area (Å²) in [5.41, 5.74) is 3.85. The molecule has 1 fully saturated rings. The molecule has 2 N–H and O–H groups in total. The number of carbonyl (C=O) groups is 3. The summed E-state index contributed by atoms with van der Waals surface area (Å²) in [5.74, 6) is -0.210. The van der Waals surface area contributed by atoms with Gasteiger partial charge in [-0.3, -0.25) is 14.4 Å². The van der Waals surface area contributed by atoms with Crippen LogP contribution in [0.2, 0.25) is 0 Å². The highest BCUT2D eigenvalue weighted by Gasteiger charge is 2.29. The van der Waals surface area contributed by atoms with Crippen molar-refractivity contribution in [3.8, 4) is 0 Å². The van der Waals surface area contributed by atoms with Crippen molar-refractivity contribution in [2.45, 2.75) is 12.8 Å². The number of fused-ring (bicyclic) bond motifs is 2. The summed E-state index contributed by atoms with van der Waals surface area (Å²) in [5, 5.41) is 6.17. The Hall–Kier alpha value is -3.93. The molecule has 0 bridgehead atoms. The number of hydrogen-bond donors (Lipinski definition) is 2.